The summed E-state index contributed by atoms with van der Waals surface area (Å²) in [5, 5.41) is 2.95. The second kappa shape index (κ2) is 8.20. The fourth-order valence-corrected chi connectivity index (χ4v) is 2.06. The Labute approximate surface area is 106 Å². The molecule has 0 atom stereocenters. The SMILES string of the molecule is CCCOCc1nc(CCC(=O)OCC)cs1. The van der Waals surface area contributed by atoms with Gasteiger partial charge < -0.3 is 9.47 Å². The molecule has 0 fully saturated rings. The van der Waals surface area contributed by atoms with E-state index in [9.17, 15) is 4.79 Å². The highest BCUT2D eigenvalue weighted by Crippen LogP contribution is 2.12. The lowest BCUT2D eigenvalue weighted by atomic mass is 10.2. The maximum absolute atomic E-state index is 11.2. The number of carbonyl (C=O) groups is 1. The van der Waals surface area contributed by atoms with Crippen LogP contribution in [0.2, 0.25) is 0 Å². The first kappa shape index (κ1) is 14.1. The number of rotatable bonds is 8. The molecule has 1 heterocycles. The molecule has 96 valence electrons. The first-order chi connectivity index (χ1) is 8.26. The van der Waals surface area contributed by atoms with Gasteiger partial charge >= 0.3 is 5.97 Å². The highest BCUT2D eigenvalue weighted by Gasteiger charge is 2.06. The van der Waals surface area contributed by atoms with Gasteiger partial charge in [-0.05, 0) is 13.3 Å². The van der Waals surface area contributed by atoms with Gasteiger partial charge in [0.15, 0.2) is 0 Å². The maximum atomic E-state index is 11.2. The third-order valence-corrected chi connectivity index (χ3v) is 2.94. The number of thiazole rings is 1. The molecule has 0 aliphatic carbocycles. The number of nitrogens with zero attached hydrogens (tertiary/aromatic N) is 1. The fraction of sp³-hybridized carbons (Fsp3) is 0.667. The van der Waals surface area contributed by atoms with Gasteiger partial charge in [0.05, 0.1) is 25.3 Å². The second-order valence-electron chi connectivity index (χ2n) is 3.59. The maximum Gasteiger partial charge on any atom is 0.306 e. The lowest BCUT2D eigenvalue weighted by molar-refractivity contribution is -0.143. The van der Waals surface area contributed by atoms with Crippen LogP contribution in [-0.2, 0) is 27.3 Å². The minimum absolute atomic E-state index is 0.163. The summed E-state index contributed by atoms with van der Waals surface area (Å²) in [5.41, 5.74) is 0.943. The zero-order valence-electron chi connectivity index (χ0n) is 10.4. The van der Waals surface area contributed by atoms with E-state index in [1.807, 2.05) is 12.3 Å². The van der Waals surface area contributed by atoms with Gasteiger partial charge in [-0.3, -0.25) is 4.79 Å². The van der Waals surface area contributed by atoms with Crippen LogP contribution in [0.25, 0.3) is 0 Å². The first-order valence-corrected chi connectivity index (χ1v) is 6.80. The van der Waals surface area contributed by atoms with Crippen molar-refractivity contribution in [3.63, 3.8) is 0 Å². The van der Waals surface area contributed by atoms with E-state index in [1.165, 1.54) is 0 Å². The van der Waals surface area contributed by atoms with E-state index in [0.717, 1.165) is 23.7 Å². The van der Waals surface area contributed by atoms with E-state index in [4.69, 9.17) is 9.47 Å². The van der Waals surface area contributed by atoms with Crippen LogP contribution in [0.1, 0.15) is 37.4 Å². The Morgan fingerprint density at radius 1 is 1.47 bits per heavy atom. The summed E-state index contributed by atoms with van der Waals surface area (Å²) in [6.45, 7) is 5.65. The molecule has 0 amide bonds. The number of hydrogen-bond acceptors (Lipinski definition) is 5. The van der Waals surface area contributed by atoms with Crippen molar-refractivity contribution in [1.29, 1.82) is 0 Å². The molecule has 0 aliphatic heterocycles. The molecular formula is C12H19NO3S. The van der Waals surface area contributed by atoms with E-state index < -0.39 is 0 Å². The summed E-state index contributed by atoms with van der Waals surface area (Å²) < 4.78 is 10.3. The number of aromatic nitrogens is 1. The van der Waals surface area contributed by atoms with Crippen molar-refractivity contribution in [2.75, 3.05) is 13.2 Å². The molecular weight excluding hydrogens is 238 g/mol. The topological polar surface area (TPSA) is 48.4 Å². The van der Waals surface area contributed by atoms with Gasteiger partial charge in [-0.1, -0.05) is 6.92 Å². The summed E-state index contributed by atoms with van der Waals surface area (Å²) in [4.78, 5) is 15.6. The molecule has 0 aromatic carbocycles. The molecule has 0 radical (unpaired) electrons. The van der Waals surface area contributed by atoms with Crippen LogP contribution in [0.3, 0.4) is 0 Å². The molecule has 0 saturated carbocycles. The Morgan fingerprint density at radius 3 is 3.00 bits per heavy atom. The summed E-state index contributed by atoms with van der Waals surface area (Å²) in [6.07, 6.45) is 2.05. The normalized spacial score (nSPS) is 10.5. The molecule has 17 heavy (non-hydrogen) atoms. The Balaban J connectivity index is 2.27. The van der Waals surface area contributed by atoms with Gasteiger partial charge in [0.25, 0.3) is 0 Å². The average Bonchev–Trinajstić information content (AvgIpc) is 2.75. The summed E-state index contributed by atoms with van der Waals surface area (Å²) >= 11 is 1.58. The lowest BCUT2D eigenvalue weighted by Crippen LogP contribution is -2.05. The van der Waals surface area contributed by atoms with Crippen LogP contribution >= 0.6 is 11.3 Å². The average molecular weight is 257 g/mol. The van der Waals surface area contributed by atoms with Gasteiger partial charge in [-0.15, -0.1) is 11.3 Å². The van der Waals surface area contributed by atoms with Crippen molar-refractivity contribution in [3.8, 4) is 0 Å². The zero-order valence-corrected chi connectivity index (χ0v) is 11.2. The van der Waals surface area contributed by atoms with Gasteiger partial charge in [0, 0.05) is 18.4 Å². The fourth-order valence-electron chi connectivity index (χ4n) is 1.30. The lowest BCUT2D eigenvalue weighted by Gasteiger charge is -1.99. The largest absolute Gasteiger partial charge is 0.466 e. The van der Waals surface area contributed by atoms with E-state index in [1.54, 1.807) is 11.3 Å². The zero-order chi connectivity index (χ0) is 12.5. The molecule has 0 aliphatic rings. The predicted octanol–water partition coefficient (Wildman–Crippen LogP) is 2.57. The van der Waals surface area contributed by atoms with Crippen LogP contribution in [-0.4, -0.2) is 24.2 Å². The highest BCUT2D eigenvalue weighted by atomic mass is 32.1. The third kappa shape index (κ3) is 5.79. The van der Waals surface area contributed by atoms with Crippen molar-refractivity contribution in [2.45, 2.75) is 39.7 Å². The number of ether oxygens (including phenoxy) is 2. The van der Waals surface area contributed by atoms with E-state index in [2.05, 4.69) is 11.9 Å². The molecule has 0 bridgehead atoms. The van der Waals surface area contributed by atoms with E-state index >= 15 is 0 Å². The quantitative estimate of drug-likeness (QED) is 0.530. The summed E-state index contributed by atoms with van der Waals surface area (Å²) in [6, 6.07) is 0. The second-order valence-corrected chi connectivity index (χ2v) is 4.53. The van der Waals surface area contributed by atoms with Crippen molar-refractivity contribution >= 4 is 17.3 Å². The Hall–Kier alpha value is -0.940. The van der Waals surface area contributed by atoms with Gasteiger partial charge in [0.2, 0.25) is 0 Å². The monoisotopic (exact) mass is 257 g/mol. The van der Waals surface area contributed by atoms with Crippen LogP contribution in [0, 0.1) is 0 Å². The number of hydrogen-bond donors (Lipinski definition) is 0. The van der Waals surface area contributed by atoms with Crippen LogP contribution in [0.15, 0.2) is 5.38 Å². The van der Waals surface area contributed by atoms with Gasteiger partial charge in [0.1, 0.15) is 5.01 Å². The molecule has 1 rings (SSSR count). The molecule has 0 saturated heterocycles. The Morgan fingerprint density at radius 2 is 2.29 bits per heavy atom. The van der Waals surface area contributed by atoms with Crippen molar-refractivity contribution in [3.05, 3.63) is 16.1 Å². The summed E-state index contributed by atoms with van der Waals surface area (Å²) in [7, 11) is 0. The predicted molar refractivity (Wildman–Crippen MR) is 67.0 cm³/mol. The Bertz CT molecular complexity index is 338. The van der Waals surface area contributed by atoms with Crippen molar-refractivity contribution < 1.29 is 14.3 Å². The smallest absolute Gasteiger partial charge is 0.306 e. The molecule has 5 heteroatoms. The Kier molecular flexibility index (Phi) is 6.81. The number of esters is 1. The molecule has 4 nitrogen and oxygen atoms in total. The van der Waals surface area contributed by atoms with Crippen LogP contribution < -0.4 is 0 Å². The van der Waals surface area contributed by atoms with Crippen molar-refractivity contribution in [1.82, 2.24) is 4.98 Å². The van der Waals surface area contributed by atoms with E-state index in [0.29, 0.717) is 26.1 Å². The third-order valence-electron chi connectivity index (χ3n) is 2.06. The molecule has 1 aromatic rings. The molecule has 0 unspecified atom stereocenters. The first-order valence-electron chi connectivity index (χ1n) is 5.92. The minimum atomic E-state index is -0.163. The molecule has 0 N–H and O–H groups in total. The highest BCUT2D eigenvalue weighted by molar-refractivity contribution is 7.09. The minimum Gasteiger partial charge on any atom is -0.466 e. The van der Waals surface area contributed by atoms with Gasteiger partial charge in [-0.2, -0.15) is 0 Å². The molecule has 1 aromatic heterocycles. The van der Waals surface area contributed by atoms with Crippen molar-refractivity contribution in [2.24, 2.45) is 0 Å². The van der Waals surface area contributed by atoms with Gasteiger partial charge in [-0.25, -0.2) is 4.98 Å². The molecule has 0 spiro atoms. The van der Waals surface area contributed by atoms with E-state index in [-0.39, 0.29) is 5.97 Å². The van der Waals surface area contributed by atoms with Crippen LogP contribution in [0.5, 0.6) is 0 Å². The summed E-state index contributed by atoms with van der Waals surface area (Å²) in [5.74, 6) is -0.163. The number of aryl methyl sites for hydroxylation is 1. The van der Waals surface area contributed by atoms with Crippen LogP contribution in [0.4, 0.5) is 0 Å². The standard InChI is InChI=1S/C12H19NO3S/c1-3-7-15-8-11-13-10(9-17-11)5-6-12(14)16-4-2/h9H,3-8H2,1-2H3. The number of carbonyl (C=O) groups excluding carboxylic acids is 1.